The molecule has 0 aliphatic rings. The first kappa shape index (κ1) is 17.3. The molecular weight excluding hydrogens is 230 g/mol. The van der Waals surface area contributed by atoms with Gasteiger partial charge in [0.15, 0.2) is 0 Å². The van der Waals surface area contributed by atoms with Gasteiger partial charge in [0.2, 0.25) is 0 Å². The van der Waals surface area contributed by atoms with Crippen molar-refractivity contribution < 1.29 is 0 Å². The summed E-state index contributed by atoms with van der Waals surface area (Å²) in [5.41, 5.74) is 8.14. The third kappa shape index (κ3) is 8.07. The molecule has 0 aromatic heterocycles. The lowest BCUT2D eigenvalue weighted by atomic mass is 10.0. The smallest absolute Gasteiger partial charge is 0.00276 e. The molecule has 0 rings (SSSR count). The van der Waals surface area contributed by atoms with E-state index in [9.17, 15) is 0 Å². The average Bonchev–Trinajstić information content (AvgIpc) is 2.36. The fraction of sp³-hybridized carbons (Fsp3) is 0.389. The molecule has 104 valence electrons. The fourth-order valence-electron chi connectivity index (χ4n) is 1.75. The molecule has 0 aromatic rings. The van der Waals surface area contributed by atoms with Crippen molar-refractivity contribution in [1.82, 2.24) is 5.32 Å². The van der Waals surface area contributed by atoms with Crippen LogP contribution < -0.4 is 5.32 Å². The molecule has 0 amide bonds. The topological polar surface area (TPSA) is 12.0 Å². The molecule has 1 nitrogen and oxygen atoms in total. The Balaban J connectivity index is 5.27. The third-order valence-corrected chi connectivity index (χ3v) is 2.64. The van der Waals surface area contributed by atoms with Crippen LogP contribution in [0.5, 0.6) is 0 Å². The molecule has 0 spiro atoms. The van der Waals surface area contributed by atoms with Gasteiger partial charge in [-0.2, -0.15) is 0 Å². The fourth-order valence-corrected chi connectivity index (χ4v) is 1.75. The maximum absolute atomic E-state index is 3.99. The number of hydrogen-bond acceptors (Lipinski definition) is 1. The maximum atomic E-state index is 3.99. The molecule has 1 heteroatoms. The lowest BCUT2D eigenvalue weighted by Crippen LogP contribution is -1.91. The zero-order chi connectivity index (χ0) is 14.7. The second-order valence-corrected chi connectivity index (χ2v) is 4.53. The van der Waals surface area contributed by atoms with Crippen molar-refractivity contribution in [2.45, 2.75) is 40.5 Å². The quantitative estimate of drug-likeness (QED) is 0.496. The SMILES string of the molecule is C=C(C)C(=C=C(C)/C=C(\C=C/C)C/C=C\NC)CC. The number of nitrogens with one attached hydrogen (secondary N) is 1. The highest BCUT2D eigenvalue weighted by atomic mass is 14.8. The van der Waals surface area contributed by atoms with Crippen LogP contribution in [-0.2, 0) is 0 Å². The summed E-state index contributed by atoms with van der Waals surface area (Å²) in [6.45, 7) is 12.3. The van der Waals surface area contributed by atoms with Crippen molar-refractivity contribution in [2.75, 3.05) is 7.05 Å². The molecule has 0 atom stereocenters. The van der Waals surface area contributed by atoms with Gasteiger partial charge in [0.1, 0.15) is 0 Å². The van der Waals surface area contributed by atoms with Crippen molar-refractivity contribution in [1.29, 1.82) is 0 Å². The Kier molecular flexibility index (Phi) is 9.30. The molecule has 0 bridgehead atoms. The first-order valence-corrected chi connectivity index (χ1v) is 6.82. The molecule has 0 radical (unpaired) electrons. The predicted molar refractivity (Wildman–Crippen MR) is 87.0 cm³/mol. The van der Waals surface area contributed by atoms with Gasteiger partial charge in [-0.1, -0.05) is 31.7 Å². The van der Waals surface area contributed by atoms with Crippen LogP contribution in [0.15, 0.2) is 65.1 Å². The Morgan fingerprint density at radius 2 is 2.00 bits per heavy atom. The van der Waals surface area contributed by atoms with Crippen LogP contribution in [0.4, 0.5) is 0 Å². The van der Waals surface area contributed by atoms with Gasteiger partial charge in [0.05, 0.1) is 0 Å². The van der Waals surface area contributed by atoms with Crippen LogP contribution in [0.3, 0.4) is 0 Å². The third-order valence-electron chi connectivity index (χ3n) is 2.64. The average molecular weight is 257 g/mol. The molecule has 0 heterocycles. The zero-order valence-electron chi connectivity index (χ0n) is 13.0. The van der Waals surface area contributed by atoms with E-state index in [0.717, 1.165) is 24.0 Å². The molecular formula is C18H27N. The van der Waals surface area contributed by atoms with Gasteiger partial charge in [-0.25, -0.2) is 0 Å². The molecule has 19 heavy (non-hydrogen) atoms. The van der Waals surface area contributed by atoms with Crippen molar-refractivity contribution in [3.05, 3.63) is 65.1 Å². The summed E-state index contributed by atoms with van der Waals surface area (Å²) in [6, 6.07) is 0. The van der Waals surface area contributed by atoms with Crippen molar-refractivity contribution >= 4 is 0 Å². The molecule has 0 fully saturated rings. The molecule has 0 saturated heterocycles. The maximum Gasteiger partial charge on any atom is 0.00276 e. The summed E-state index contributed by atoms with van der Waals surface area (Å²) in [5, 5.41) is 3.00. The highest BCUT2D eigenvalue weighted by Crippen LogP contribution is 2.13. The van der Waals surface area contributed by atoms with Crippen LogP contribution in [0, 0.1) is 0 Å². The van der Waals surface area contributed by atoms with Crippen LogP contribution >= 0.6 is 0 Å². The van der Waals surface area contributed by atoms with Crippen LogP contribution in [-0.4, -0.2) is 7.05 Å². The molecule has 0 unspecified atom stereocenters. The lowest BCUT2D eigenvalue weighted by molar-refractivity contribution is 1.08. The standard InChI is InChI=1S/C18H27N/c1-7-10-17(11-9-12-19-6)13-16(5)14-18(8-2)15(3)4/h7,9-10,12-13,19H,3,8,11H2,1-2,4-6H3/b10-7-,12-9-,17-13+. The first-order chi connectivity index (χ1) is 9.04. The van der Waals surface area contributed by atoms with E-state index in [4.69, 9.17) is 0 Å². The van der Waals surface area contributed by atoms with Crippen LogP contribution in [0.1, 0.15) is 40.5 Å². The first-order valence-electron chi connectivity index (χ1n) is 6.82. The van der Waals surface area contributed by atoms with Gasteiger partial charge < -0.3 is 5.32 Å². The molecule has 0 saturated carbocycles. The van der Waals surface area contributed by atoms with E-state index in [1.807, 2.05) is 27.1 Å². The van der Waals surface area contributed by atoms with Gasteiger partial charge in [-0.05, 0) is 68.2 Å². The Morgan fingerprint density at radius 1 is 1.32 bits per heavy atom. The number of allylic oxidation sites excluding steroid dienone is 7. The van der Waals surface area contributed by atoms with Gasteiger partial charge >= 0.3 is 0 Å². The van der Waals surface area contributed by atoms with E-state index >= 15 is 0 Å². The minimum Gasteiger partial charge on any atom is -0.394 e. The van der Waals surface area contributed by atoms with Gasteiger partial charge in [0, 0.05) is 7.05 Å². The largest absolute Gasteiger partial charge is 0.394 e. The van der Waals surface area contributed by atoms with E-state index in [-0.39, 0.29) is 0 Å². The monoisotopic (exact) mass is 257 g/mol. The molecule has 0 aliphatic carbocycles. The summed E-state index contributed by atoms with van der Waals surface area (Å²) in [6.07, 6.45) is 12.3. The minimum atomic E-state index is 0.915. The van der Waals surface area contributed by atoms with Crippen molar-refractivity contribution in [3.63, 3.8) is 0 Å². The van der Waals surface area contributed by atoms with Gasteiger partial charge in [0.25, 0.3) is 0 Å². The normalized spacial score (nSPS) is 11.7. The zero-order valence-corrected chi connectivity index (χ0v) is 13.0. The molecule has 0 aromatic carbocycles. The summed E-state index contributed by atoms with van der Waals surface area (Å²) >= 11 is 0. The number of rotatable bonds is 7. The summed E-state index contributed by atoms with van der Waals surface area (Å²) in [4.78, 5) is 0. The van der Waals surface area contributed by atoms with Crippen LogP contribution in [0.25, 0.3) is 0 Å². The molecule has 0 aliphatic heterocycles. The summed E-state index contributed by atoms with van der Waals surface area (Å²) in [5.74, 6) is 0. The summed E-state index contributed by atoms with van der Waals surface area (Å²) < 4.78 is 0. The summed E-state index contributed by atoms with van der Waals surface area (Å²) in [7, 11) is 1.91. The minimum absolute atomic E-state index is 0.915. The second-order valence-electron chi connectivity index (χ2n) is 4.53. The van der Waals surface area contributed by atoms with E-state index in [0.29, 0.717) is 0 Å². The predicted octanol–water partition coefficient (Wildman–Crippen LogP) is 5.07. The van der Waals surface area contributed by atoms with Crippen LogP contribution in [0.2, 0.25) is 0 Å². The van der Waals surface area contributed by atoms with E-state index < -0.39 is 0 Å². The Bertz CT molecular complexity index is 438. The van der Waals surface area contributed by atoms with Crippen molar-refractivity contribution in [3.8, 4) is 0 Å². The number of hydrogen-bond donors (Lipinski definition) is 1. The lowest BCUT2D eigenvalue weighted by Gasteiger charge is -2.01. The Hall–Kier alpha value is -1.72. The second kappa shape index (κ2) is 10.2. The molecule has 1 N–H and O–H groups in total. The highest BCUT2D eigenvalue weighted by molar-refractivity contribution is 5.34. The van der Waals surface area contributed by atoms with Gasteiger partial charge in [-0.3, -0.25) is 0 Å². The van der Waals surface area contributed by atoms with E-state index in [1.54, 1.807) is 0 Å². The van der Waals surface area contributed by atoms with Gasteiger partial charge in [-0.15, -0.1) is 5.73 Å². The van der Waals surface area contributed by atoms with E-state index in [2.05, 4.69) is 55.8 Å². The van der Waals surface area contributed by atoms with Crippen molar-refractivity contribution in [2.24, 2.45) is 0 Å². The highest BCUT2D eigenvalue weighted by Gasteiger charge is 1.94. The Labute approximate surface area is 118 Å². The van der Waals surface area contributed by atoms with E-state index in [1.165, 1.54) is 11.1 Å². The Morgan fingerprint density at radius 3 is 2.47 bits per heavy atom.